The molecule has 2 amide bonds. The van der Waals surface area contributed by atoms with E-state index in [1.807, 2.05) is 0 Å². The number of rotatable bonds is 6. The van der Waals surface area contributed by atoms with Crippen LogP contribution in [0.1, 0.15) is 30.0 Å². The van der Waals surface area contributed by atoms with Crippen LogP contribution in [0.3, 0.4) is 0 Å². The lowest BCUT2D eigenvalue weighted by Gasteiger charge is -2.41. The van der Waals surface area contributed by atoms with Crippen molar-refractivity contribution in [3.63, 3.8) is 0 Å². The molecule has 2 atom stereocenters. The van der Waals surface area contributed by atoms with Gasteiger partial charge in [0.05, 0.1) is 19.1 Å². The number of hydrogen-bond donors (Lipinski definition) is 1. The normalized spacial score (nSPS) is 18.2. The average molecular weight is 450 g/mol. The molecule has 170 valence electrons. The van der Waals surface area contributed by atoms with Crippen LogP contribution >= 0.6 is 0 Å². The van der Waals surface area contributed by atoms with Crippen LogP contribution in [0.25, 0.3) is 0 Å². The van der Waals surface area contributed by atoms with Crippen molar-refractivity contribution in [3.8, 4) is 5.75 Å². The summed E-state index contributed by atoms with van der Waals surface area (Å²) in [5, 5.41) is 2.91. The lowest BCUT2D eigenvalue weighted by molar-refractivity contribution is -0.129. The number of hydrogen-bond acceptors (Lipinski definition) is 3. The molecule has 1 saturated heterocycles. The van der Waals surface area contributed by atoms with Crippen LogP contribution in [0, 0.1) is 17.6 Å². The number of nitrogens with one attached hydrogen (secondary N) is 1. The molecule has 1 aliphatic rings. The first-order chi connectivity index (χ1) is 16.0. The van der Waals surface area contributed by atoms with E-state index in [-0.39, 0.29) is 30.6 Å². The van der Waals surface area contributed by atoms with E-state index in [4.69, 9.17) is 4.74 Å². The standard InChI is InChI=1S/C26H24F2N2O3/c1-33-22-12-10-21(11-13-22)30-24(31)15-14-23(25(30)18-4-8-20(28)9-5-18)26(32)29-16-17-2-6-19(27)7-3-17/h2-13,23,25H,14-16H2,1H3,(H,29,32)/t23-,25-/m1/s1. The third-order valence-corrected chi connectivity index (χ3v) is 5.88. The van der Waals surface area contributed by atoms with Crippen LogP contribution in [0.2, 0.25) is 0 Å². The number of carbonyl (C=O) groups excluding carboxylic acids is 2. The van der Waals surface area contributed by atoms with Crippen LogP contribution in [0.15, 0.2) is 72.8 Å². The molecule has 7 heteroatoms. The van der Waals surface area contributed by atoms with E-state index < -0.39 is 17.8 Å². The molecule has 4 rings (SSSR count). The van der Waals surface area contributed by atoms with Gasteiger partial charge in [0.1, 0.15) is 17.4 Å². The van der Waals surface area contributed by atoms with Crippen LogP contribution in [0.4, 0.5) is 14.5 Å². The molecule has 0 aliphatic carbocycles. The lowest BCUT2D eigenvalue weighted by atomic mass is 9.83. The van der Waals surface area contributed by atoms with Crippen molar-refractivity contribution in [1.29, 1.82) is 0 Å². The van der Waals surface area contributed by atoms with Gasteiger partial charge in [-0.3, -0.25) is 9.59 Å². The molecule has 1 fully saturated rings. The average Bonchev–Trinajstić information content (AvgIpc) is 2.84. The summed E-state index contributed by atoms with van der Waals surface area (Å²) in [5.41, 5.74) is 2.07. The highest BCUT2D eigenvalue weighted by Gasteiger charge is 2.41. The maximum absolute atomic E-state index is 13.6. The van der Waals surface area contributed by atoms with Gasteiger partial charge in [-0.25, -0.2) is 8.78 Å². The number of carbonyl (C=O) groups is 2. The molecule has 33 heavy (non-hydrogen) atoms. The number of ether oxygens (including phenoxy) is 1. The van der Waals surface area contributed by atoms with Gasteiger partial charge < -0.3 is 15.0 Å². The molecule has 1 aliphatic heterocycles. The smallest absolute Gasteiger partial charge is 0.227 e. The number of anilines is 1. The minimum absolute atomic E-state index is 0.114. The quantitative estimate of drug-likeness (QED) is 0.588. The zero-order valence-corrected chi connectivity index (χ0v) is 18.1. The molecule has 0 unspecified atom stereocenters. The summed E-state index contributed by atoms with van der Waals surface area (Å²) in [6.07, 6.45) is 0.571. The Bertz CT molecular complexity index is 1120. The molecule has 3 aromatic carbocycles. The predicted molar refractivity (Wildman–Crippen MR) is 121 cm³/mol. The molecule has 1 heterocycles. The second kappa shape index (κ2) is 9.81. The van der Waals surface area contributed by atoms with E-state index >= 15 is 0 Å². The van der Waals surface area contributed by atoms with Gasteiger partial charge in [-0.2, -0.15) is 0 Å². The van der Waals surface area contributed by atoms with E-state index in [0.29, 0.717) is 23.4 Å². The van der Waals surface area contributed by atoms with Crippen molar-refractivity contribution >= 4 is 17.5 Å². The number of halogens is 2. The maximum Gasteiger partial charge on any atom is 0.227 e. The van der Waals surface area contributed by atoms with E-state index in [2.05, 4.69) is 5.32 Å². The maximum atomic E-state index is 13.6. The van der Waals surface area contributed by atoms with Crippen molar-refractivity contribution < 1.29 is 23.1 Å². The van der Waals surface area contributed by atoms with Gasteiger partial charge in [0.2, 0.25) is 11.8 Å². The summed E-state index contributed by atoms with van der Waals surface area (Å²) in [6.45, 7) is 0.238. The van der Waals surface area contributed by atoms with Crippen molar-refractivity contribution in [2.45, 2.75) is 25.4 Å². The zero-order valence-electron chi connectivity index (χ0n) is 18.1. The summed E-state index contributed by atoms with van der Waals surface area (Å²) < 4.78 is 32.0. The number of methoxy groups -OCH3 is 1. The summed E-state index contributed by atoms with van der Waals surface area (Å²) in [7, 11) is 1.56. The van der Waals surface area contributed by atoms with E-state index in [1.165, 1.54) is 24.3 Å². The van der Waals surface area contributed by atoms with E-state index in [0.717, 1.165) is 5.56 Å². The fraction of sp³-hybridized carbons (Fsp3) is 0.231. The monoisotopic (exact) mass is 450 g/mol. The first kappa shape index (κ1) is 22.5. The van der Waals surface area contributed by atoms with Crippen LogP contribution < -0.4 is 15.0 Å². The van der Waals surface area contributed by atoms with E-state index in [9.17, 15) is 18.4 Å². The Morgan fingerprint density at radius 2 is 1.58 bits per heavy atom. The molecule has 1 N–H and O–H groups in total. The molecular formula is C26H24F2N2O3. The summed E-state index contributed by atoms with van der Waals surface area (Å²) in [4.78, 5) is 27.9. The minimum atomic E-state index is -0.603. The highest BCUT2D eigenvalue weighted by Crippen LogP contribution is 2.40. The van der Waals surface area contributed by atoms with Gasteiger partial charge in [0.15, 0.2) is 0 Å². The van der Waals surface area contributed by atoms with Crippen molar-refractivity contribution in [2.75, 3.05) is 12.0 Å². The molecule has 0 spiro atoms. The van der Waals surface area contributed by atoms with Crippen LogP contribution in [0.5, 0.6) is 5.75 Å². The SMILES string of the molecule is COc1ccc(N2C(=O)CC[C@@H](C(=O)NCc3ccc(F)cc3)[C@H]2c2ccc(F)cc2)cc1. The Morgan fingerprint density at radius 1 is 0.970 bits per heavy atom. The van der Waals surface area contributed by atoms with Crippen molar-refractivity contribution in [3.05, 3.63) is 95.6 Å². The van der Waals surface area contributed by atoms with Gasteiger partial charge in [-0.05, 0) is 66.1 Å². The molecule has 5 nitrogen and oxygen atoms in total. The Hall–Kier alpha value is -3.74. The van der Waals surface area contributed by atoms with Gasteiger partial charge in [-0.1, -0.05) is 24.3 Å². The predicted octanol–water partition coefficient (Wildman–Crippen LogP) is 4.77. The summed E-state index contributed by atoms with van der Waals surface area (Å²) in [5.74, 6) is -0.973. The topological polar surface area (TPSA) is 58.6 Å². The van der Waals surface area contributed by atoms with Gasteiger partial charge >= 0.3 is 0 Å². The number of benzene rings is 3. The van der Waals surface area contributed by atoms with Crippen LogP contribution in [-0.2, 0) is 16.1 Å². The highest BCUT2D eigenvalue weighted by molar-refractivity contribution is 5.97. The Morgan fingerprint density at radius 3 is 2.18 bits per heavy atom. The molecular weight excluding hydrogens is 426 g/mol. The number of amides is 2. The Labute approximate surface area is 191 Å². The van der Waals surface area contributed by atoms with E-state index in [1.54, 1.807) is 60.5 Å². The zero-order chi connectivity index (χ0) is 23.4. The van der Waals surface area contributed by atoms with Crippen molar-refractivity contribution in [2.24, 2.45) is 5.92 Å². The third kappa shape index (κ3) is 5.03. The van der Waals surface area contributed by atoms with Gasteiger partial charge in [-0.15, -0.1) is 0 Å². The fourth-order valence-electron chi connectivity index (χ4n) is 4.18. The molecule has 0 saturated carbocycles. The highest BCUT2D eigenvalue weighted by atomic mass is 19.1. The Kier molecular flexibility index (Phi) is 6.68. The molecule has 0 bridgehead atoms. The summed E-state index contributed by atoms with van der Waals surface area (Å²) >= 11 is 0. The lowest BCUT2D eigenvalue weighted by Crippen LogP contribution is -2.48. The van der Waals surface area contributed by atoms with Crippen molar-refractivity contribution in [1.82, 2.24) is 5.32 Å². The largest absolute Gasteiger partial charge is 0.497 e. The van der Waals surface area contributed by atoms with Crippen LogP contribution in [-0.4, -0.2) is 18.9 Å². The second-order valence-corrected chi connectivity index (χ2v) is 7.95. The number of nitrogens with zero attached hydrogens (tertiary/aromatic N) is 1. The first-order valence-corrected chi connectivity index (χ1v) is 10.7. The first-order valence-electron chi connectivity index (χ1n) is 10.7. The van der Waals surface area contributed by atoms with Gasteiger partial charge in [0.25, 0.3) is 0 Å². The minimum Gasteiger partial charge on any atom is -0.497 e. The number of piperidine rings is 1. The summed E-state index contributed by atoms with van der Waals surface area (Å²) in [6, 6.07) is 18.2. The van der Waals surface area contributed by atoms with Gasteiger partial charge in [0, 0.05) is 18.7 Å². The molecule has 0 radical (unpaired) electrons. The molecule has 0 aromatic heterocycles. The third-order valence-electron chi connectivity index (χ3n) is 5.88. The fourth-order valence-corrected chi connectivity index (χ4v) is 4.18. The second-order valence-electron chi connectivity index (χ2n) is 7.95. The molecule has 3 aromatic rings. The Balaban J connectivity index is 1.65.